The van der Waals surface area contributed by atoms with Crippen LogP contribution in [0.1, 0.15) is 25.7 Å². The summed E-state index contributed by atoms with van der Waals surface area (Å²) in [6.07, 6.45) is -0.455. The van der Waals surface area contributed by atoms with Crippen molar-refractivity contribution in [3.8, 4) is 0 Å². The number of hydrogen-bond donors (Lipinski definition) is 2. The minimum atomic E-state index is -2.59. The monoisotopic (exact) mass is 256 g/mol. The largest absolute Gasteiger partial charge is 0.389 e. The lowest BCUT2D eigenvalue weighted by Gasteiger charge is -2.39. The average molecular weight is 256 g/mol. The third-order valence-corrected chi connectivity index (χ3v) is 3.03. The summed E-state index contributed by atoms with van der Waals surface area (Å²) in [6.45, 7) is -1.10. The Morgan fingerprint density at radius 2 is 1.11 bits per heavy atom. The van der Waals surface area contributed by atoms with Gasteiger partial charge in [-0.3, -0.25) is 19.2 Å². The maximum Gasteiger partial charge on any atom is 0.260 e. The van der Waals surface area contributed by atoms with Crippen LogP contribution in [0.3, 0.4) is 0 Å². The van der Waals surface area contributed by atoms with E-state index in [2.05, 4.69) is 0 Å². The zero-order chi connectivity index (χ0) is 13.5. The van der Waals surface area contributed by atoms with Crippen LogP contribution in [0.5, 0.6) is 0 Å². The molecular weight excluding hydrogens is 244 g/mol. The first-order valence-electron chi connectivity index (χ1n) is 5.47. The van der Waals surface area contributed by atoms with Gasteiger partial charge >= 0.3 is 0 Å². The molecule has 0 aromatic carbocycles. The Morgan fingerprint density at radius 3 is 1.33 bits per heavy atom. The van der Waals surface area contributed by atoms with Crippen LogP contribution in [0.15, 0.2) is 0 Å². The molecule has 0 bridgehead atoms. The summed E-state index contributed by atoms with van der Waals surface area (Å²) in [6, 6.07) is 0. The molecule has 2 fully saturated rings. The van der Waals surface area contributed by atoms with E-state index < -0.39 is 36.1 Å². The summed E-state index contributed by atoms with van der Waals surface area (Å²) in [5.74, 6) is -5.46. The number of nitrogens with zero attached hydrogens (tertiary/aromatic N) is 2. The molecule has 2 rings (SSSR count). The Bertz CT molecular complexity index is 378. The van der Waals surface area contributed by atoms with Crippen LogP contribution in [0.25, 0.3) is 0 Å². The summed E-state index contributed by atoms with van der Waals surface area (Å²) >= 11 is 0. The zero-order valence-electron chi connectivity index (χ0n) is 9.46. The molecule has 2 heterocycles. The fraction of sp³-hybridized carbons (Fsp3) is 0.600. The van der Waals surface area contributed by atoms with E-state index >= 15 is 0 Å². The molecule has 0 aliphatic carbocycles. The van der Waals surface area contributed by atoms with E-state index in [4.69, 9.17) is 0 Å². The first kappa shape index (κ1) is 12.7. The van der Waals surface area contributed by atoms with Crippen molar-refractivity contribution in [2.75, 3.05) is 6.61 Å². The molecule has 0 unspecified atom stereocenters. The second kappa shape index (κ2) is 4.14. The van der Waals surface area contributed by atoms with Gasteiger partial charge in [0.1, 0.15) is 6.61 Å². The van der Waals surface area contributed by atoms with Crippen molar-refractivity contribution in [1.29, 1.82) is 0 Å². The molecule has 0 aromatic rings. The number of imide groups is 2. The number of likely N-dealkylation sites (tertiary alicyclic amines) is 2. The Labute approximate surface area is 102 Å². The van der Waals surface area contributed by atoms with Crippen LogP contribution in [0, 0.1) is 0 Å². The number of hydrogen-bond acceptors (Lipinski definition) is 6. The average Bonchev–Trinajstić information content (AvgIpc) is 2.83. The minimum absolute atomic E-state index is 0.114. The summed E-state index contributed by atoms with van der Waals surface area (Å²) in [5.41, 5.74) is 0. The minimum Gasteiger partial charge on any atom is -0.389 e. The molecule has 2 aliphatic heterocycles. The smallest absolute Gasteiger partial charge is 0.260 e. The van der Waals surface area contributed by atoms with Gasteiger partial charge in [0.25, 0.3) is 5.85 Å². The van der Waals surface area contributed by atoms with Gasteiger partial charge in [-0.15, -0.1) is 0 Å². The molecule has 4 amide bonds. The summed E-state index contributed by atoms with van der Waals surface area (Å²) in [4.78, 5) is 47.0. The highest BCUT2D eigenvalue weighted by Gasteiger charge is 2.54. The van der Waals surface area contributed by atoms with Gasteiger partial charge in [-0.2, -0.15) is 0 Å². The van der Waals surface area contributed by atoms with Gasteiger partial charge in [0, 0.05) is 25.7 Å². The molecule has 0 atom stereocenters. The quantitative estimate of drug-likeness (QED) is 0.560. The molecule has 2 N–H and O–H groups in total. The van der Waals surface area contributed by atoms with E-state index in [0.717, 1.165) is 0 Å². The summed E-state index contributed by atoms with van der Waals surface area (Å²) < 4.78 is 0. The first-order valence-corrected chi connectivity index (χ1v) is 5.47. The van der Waals surface area contributed by atoms with Gasteiger partial charge in [-0.1, -0.05) is 0 Å². The maximum absolute atomic E-state index is 11.5. The second-order valence-corrected chi connectivity index (χ2v) is 4.18. The fourth-order valence-electron chi connectivity index (χ4n) is 2.19. The molecule has 18 heavy (non-hydrogen) atoms. The lowest BCUT2D eigenvalue weighted by Crippen LogP contribution is -2.66. The van der Waals surface area contributed by atoms with Crippen LogP contribution in [0.4, 0.5) is 0 Å². The van der Waals surface area contributed by atoms with E-state index in [-0.39, 0.29) is 25.7 Å². The van der Waals surface area contributed by atoms with Crippen LogP contribution < -0.4 is 0 Å². The van der Waals surface area contributed by atoms with Crippen molar-refractivity contribution in [3.05, 3.63) is 0 Å². The molecule has 2 saturated heterocycles. The standard InChI is InChI=1S/C10H12N2O6/c13-5-10(18,11-6(14)1-2-7(11)15)12-8(16)3-4-9(12)17/h13,18H,1-5H2. The molecule has 0 spiro atoms. The van der Waals surface area contributed by atoms with Crippen LogP contribution in [0.2, 0.25) is 0 Å². The predicted molar refractivity (Wildman–Crippen MR) is 54.2 cm³/mol. The highest BCUT2D eigenvalue weighted by molar-refractivity contribution is 6.06. The SMILES string of the molecule is O=C1CCC(=O)N1C(O)(CO)N1C(=O)CCC1=O. The number of rotatable bonds is 3. The van der Waals surface area contributed by atoms with Crippen molar-refractivity contribution in [2.45, 2.75) is 31.5 Å². The van der Waals surface area contributed by atoms with Crippen molar-refractivity contribution >= 4 is 23.6 Å². The van der Waals surface area contributed by atoms with Crippen LogP contribution in [-0.2, 0) is 19.2 Å². The number of aliphatic hydroxyl groups excluding tert-OH is 1. The van der Waals surface area contributed by atoms with Gasteiger partial charge in [-0.25, -0.2) is 9.80 Å². The van der Waals surface area contributed by atoms with Crippen molar-refractivity contribution < 1.29 is 29.4 Å². The molecule has 2 aliphatic rings. The van der Waals surface area contributed by atoms with E-state index in [1.165, 1.54) is 0 Å². The Kier molecular flexibility index (Phi) is 2.91. The van der Waals surface area contributed by atoms with Gasteiger partial charge in [0.2, 0.25) is 23.6 Å². The maximum atomic E-state index is 11.5. The van der Waals surface area contributed by atoms with E-state index in [0.29, 0.717) is 9.80 Å². The Balaban J connectivity index is 2.41. The summed E-state index contributed by atoms with van der Waals surface area (Å²) in [7, 11) is 0. The topological polar surface area (TPSA) is 115 Å². The number of carbonyl (C=O) groups is 4. The lowest BCUT2D eigenvalue weighted by molar-refractivity contribution is -0.221. The third-order valence-electron chi connectivity index (χ3n) is 3.03. The van der Waals surface area contributed by atoms with Gasteiger partial charge in [-0.05, 0) is 0 Å². The van der Waals surface area contributed by atoms with Crippen molar-refractivity contribution in [3.63, 3.8) is 0 Å². The molecule has 8 nitrogen and oxygen atoms in total. The predicted octanol–water partition coefficient (Wildman–Crippen LogP) is -2.08. The summed E-state index contributed by atoms with van der Waals surface area (Å²) in [5, 5.41) is 19.5. The van der Waals surface area contributed by atoms with E-state index in [9.17, 15) is 29.4 Å². The highest BCUT2D eigenvalue weighted by atomic mass is 16.4. The van der Waals surface area contributed by atoms with Crippen molar-refractivity contribution in [1.82, 2.24) is 9.80 Å². The Morgan fingerprint density at radius 1 is 0.833 bits per heavy atom. The molecule has 0 radical (unpaired) electrons. The number of aliphatic hydroxyl groups is 2. The van der Waals surface area contributed by atoms with E-state index in [1.807, 2.05) is 0 Å². The zero-order valence-corrected chi connectivity index (χ0v) is 9.46. The van der Waals surface area contributed by atoms with Gasteiger partial charge in [0.05, 0.1) is 0 Å². The van der Waals surface area contributed by atoms with E-state index in [1.54, 1.807) is 0 Å². The molecule has 0 saturated carbocycles. The molecule has 0 aromatic heterocycles. The van der Waals surface area contributed by atoms with Crippen molar-refractivity contribution in [2.24, 2.45) is 0 Å². The number of amides is 4. The lowest BCUT2D eigenvalue weighted by atomic mass is 10.3. The number of carbonyl (C=O) groups excluding carboxylic acids is 4. The fourth-order valence-corrected chi connectivity index (χ4v) is 2.19. The third kappa shape index (κ3) is 1.61. The van der Waals surface area contributed by atoms with Gasteiger partial charge < -0.3 is 10.2 Å². The van der Waals surface area contributed by atoms with Crippen LogP contribution >= 0.6 is 0 Å². The van der Waals surface area contributed by atoms with Crippen LogP contribution in [-0.4, -0.2) is 56.1 Å². The Hall–Kier alpha value is -1.80. The van der Waals surface area contributed by atoms with Gasteiger partial charge in [0.15, 0.2) is 0 Å². The second-order valence-electron chi connectivity index (χ2n) is 4.18. The first-order chi connectivity index (χ1) is 8.41. The molecule has 8 heteroatoms. The highest BCUT2D eigenvalue weighted by Crippen LogP contribution is 2.29. The molecular formula is C10H12N2O6. The molecule has 98 valence electrons. The normalized spacial score (nSPS) is 21.4.